The van der Waals surface area contributed by atoms with E-state index in [1.807, 2.05) is 30.3 Å². The molecule has 0 fully saturated rings. The number of nitrogens with zero attached hydrogens (tertiary/aromatic N) is 2. The molecule has 4 N–H and O–H groups in total. The smallest absolute Gasteiger partial charge is 0.260 e. The van der Waals surface area contributed by atoms with Crippen LogP contribution >= 0.6 is 0 Å². The van der Waals surface area contributed by atoms with Crippen LogP contribution in [0.15, 0.2) is 66.7 Å². The first kappa shape index (κ1) is 18.2. The molecule has 3 aromatic carbocycles. The Morgan fingerprint density at radius 1 is 1.07 bits per heavy atom. The quantitative estimate of drug-likeness (QED) is 0.357. The summed E-state index contributed by atoms with van der Waals surface area (Å²) in [6.45, 7) is 0.679. The van der Waals surface area contributed by atoms with Crippen LogP contribution in [0.1, 0.15) is 17.8 Å². The average Bonchev–Trinajstić information content (AvgIpc) is 3.09. The molecule has 1 heterocycles. The van der Waals surface area contributed by atoms with Crippen LogP contribution in [0.4, 0.5) is 0 Å². The summed E-state index contributed by atoms with van der Waals surface area (Å²) in [5.41, 5.74) is 10.6. The fourth-order valence-corrected chi connectivity index (χ4v) is 3.59. The molecule has 4 rings (SSSR count). The predicted molar refractivity (Wildman–Crippen MR) is 109 cm³/mol. The van der Waals surface area contributed by atoms with E-state index < -0.39 is 11.9 Å². The van der Waals surface area contributed by atoms with Gasteiger partial charge >= 0.3 is 0 Å². The molecule has 1 atom stereocenters. The molecule has 0 saturated heterocycles. The number of hydrogen-bond donors (Lipinski definition) is 3. The van der Waals surface area contributed by atoms with Gasteiger partial charge in [-0.05, 0) is 34.9 Å². The number of aryl methyl sites for hydroxylation is 1. The molecule has 0 aliphatic carbocycles. The van der Waals surface area contributed by atoms with Crippen molar-refractivity contribution in [2.45, 2.75) is 25.4 Å². The topological polar surface area (TPSA) is 93.2 Å². The summed E-state index contributed by atoms with van der Waals surface area (Å²) in [5, 5.41) is 11.2. The molecule has 0 aliphatic rings. The number of carbonyl (C=O) groups excluding carboxylic acids is 1. The number of carbonyl (C=O) groups is 1. The highest BCUT2D eigenvalue weighted by Crippen LogP contribution is 2.23. The first-order valence-corrected chi connectivity index (χ1v) is 9.27. The predicted octanol–water partition coefficient (Wildman–Crippen LogP) is 3.00. The van der Waals surface area contributed by atoms with Crippen LogP contribution in [-0.4, -0.2) is 26.7 Å². The van der Waals surface area contributed by atoms with Gasteiger partial charge < -0.3 is 10.3 Å². The number of benzene rings is 3. The zero-order valence-electron chi connectivity index (χ0n) is 15.4. The maximum Gasteiger partial charge on any atom is 0.260 e. The van der Waals surface area contributed by atoms with E-state index in [-0.39, 0.29) is 0 Å². The van der Waals surface area contributed by atoms with E-state index in [9.17, 15) is 4.79 Å². The monoisotopic (exact) mass is 374 g/mol. The minimum atomic E-state index is -0.782. The number of hydrogen-bond acceptors (Lipinski definition) is 4. The number of hydroxylamine groups is 1. The van der Waals surface area contributed by atoms with E-state index in [1.165, 1.54) is 16.3 Å². The Kier molecular flexibility index (Phi) is 5.06. The minimum Gasteiger partial charge on any atom is -0.323 e. The molecule has 0 aliphatic heterocycles. The van der Waals surface area contributed by atoms with E-state index in [2.05, 4.69) is 41.0 Å². The van der Waals surface area contributed by atoms with Gasteiger partial charge in [0.05, 0.1) is 17.1 Å². The Hall–Kier alpha value is -3.22. The van der Waals surface area contributed by atoms with Crippen molar-refractivity contribution >= 4 is 27.7 Å². The highest BCUT2D eigenvalue weighted by molar-refractivity contribution is 5.86. The largest absolute Gasteiger partial charge is 0.323 e. The van der Waals surface area contributed by atoms with Gasteiger partial charge in [-0.15, -0.1) is 0 Å². The second-order valence-electron chi connectivity index (χ2n) is 6.86. The summed E-state index contributed by atoms with van der Waals surface area (Å²) < 4.78 is 2.18. The first-order chi connectivity index (χ1) is 13.7. The number of imidazole rings is 1. The lowest BCUT2D eigenvalue weighted by Gasteiger charge is -2.13. The van der Waals surface area contributed by atoms with Crippen LogP contribution in [0.2, 0.25) is 0 Å². The van der Waals surface area contributed by atoms with Crippen LogP contribution < -0.4 is 11.2 Å². The van der Waals surface area contributed by atoms with Gasteiger partial charge in [0.1, 0.15) is 5.82 Å². The van der Waals surface area contributed by atoms with Crippen LogP contribution in [0, 0.1) is 0 Å². The lowest BCUT2D eigenvalue weighted by molar-refractivity contribution is -0.130. The number of aromatic nitrogens is 2. The molecule has 4 aromatic rings. The molecule has 1 amide bonds. The zero-order valence-corrected chi connectivity index (χ0v) is 15.4. The van der Waals surface area contributed by atoms with Crippen molar-refractivity contribution in [3.63, 3.8) is 0 Å². The van der Waals surface area contributed by atoms with Gasteiger partial charge in [-0.1, -0.05) is 54.6 Å². The van der Waals surface area contributed by atoms with Crippen molar-refractivity contribution in [2.75, 3.05) is 0 Å². The van der Waals surface area contributed by atoms with Crippen molar-refractivity contribution in [3.8, 4) is 0 Å². The maximum atomic E-state index is 11.5. The first-order valence-electron chi connectivity index (χ1n) is 9.27. The average molecular weight is 374 g/mol. The molecule has 142 valence electrons. The van der Waals surface area contributed by atoms with Crippen LogP contribution in [-0.2, 0) is 17.8 Å². The Morgan fingerprint density at radius 2 is 1.82 bits per heavy atom. The summed E-state index contributed by atoms with van der Waals surface area (Å²) in [6, 6.07) is 21.9. The van der Waals surface area contributed by atoms with Gasteiger partial charge in [-0.25, -0.2) is 10.5 Å². The third-order valence-electron chi connectivity index (χ3n) is 5.07. The summed E-state index contributed by atoms with van der Waals surface area (Å²) in [5.74, 6) is 0.284. The fraction of sp³-hybridized carbons (Fsp3) is 0.182. The number of amides is 1. The zero-order chi connectivity index (χ0) is 19.5. The number of fused-ring (bicyclic) bond motifs is 2. The van der Waals surface area contributed by atoms with Gasteiger partial charge in [0.15, 0.2) is 0 Å². The molecule has 0 spiro atoms. The number of para-hydroxylation sites is 2. The van der Waals surface area contributed by atoms with Crippen molar-refractivity contribution in [2.24, 2.45) is 5.73 Å². The van der Waals surface area contributed by atoms with Crippen molar-refractivity contribution in [1.82, 2.24) is 15.0 Å². The third-order valence-corrected chi connectivity index (χ3v) is 5.07. The fourth-order valence-electron chi connectivity index (χ4n) is 3.59. The Balaban J connectivity index is 1.72. The van der Waals surface area contributed by atoms with Gasteiger partial charge in [0, 0.05) is 13.0 Å². The number of nitrogens with one attached hydrogen (secondary N) is 1. The third kappa shape index (κ3) is 3.47. The molecule has 6 nitrogen and oxygen atoms in total. The summed E-state index contributed by atoms with van der Waals surface area (Å²) in [6.07, 6.45) is 0.930. The molecule has 0 saturated carbocycles. The van der Waals surface area contributed by atoms with Crippen LogP contribution in [0.25, 0.3) is 21.8 Å². The lowest BCUT2D eigenvalue weighted by Crippen LogP contribution is -2.39. The molecule has 6 heteroatoms. The summed E-state index contributed by atoms with van der Waals surface area (Å²) >= 11 is 0. The summed E-state index contributed by atoms with van der Waals surface area (Å²) in [7, 11) is 0. The number of nitrogens with two attached hydrogens (primary N) is 1. The molecular formula is C22H22N4O2. The Labute approximate surface area is 162 Å². The lowest BCUT2D eigenvalue weighted by atomic mass is 10.0. The SMILES string of the molecule is NC(CCc1nc2ccccc2n1Cc1cccc2ccccc12)C(=O)NO. The van der Waals surface area contributed by atoms with Crippen LogP contribution in [0.3, 0.4) is 0 Å². The van der Waals surface area contributed by atoms with Gasteiger partial charge in [0.25, 0.3) is 5.91 Å². The molecule has 1 unspecified atom stereocenters. The van der Waals surface area contributed by atoms with E-state index in [4.69, 9.17) is 15.9 Å². The molecule has 0 bridgehead atoms. The molecule has 1 aromatic heterocycles. The minimum absolute atomic E-state index is 0.394. The molecule has 28 heavy (non-hydrogen) atoms. The normalized spacial score (nSPS) is 12.4. The van der Waals surface area contributed by atoms with E-state index in [0.29, 0.717) is 19.4 Å². The van der Waals surface area contributed by atoms with Crippen molar-refractivity contribution in [3.05, 3.63) is 78.1 Å². The van der Waals surface area contributed by atoms with Crippen LogP contribution in [0.5, 0.6) is 0 Å². The van der Waals surface area contributed by atoms with Gasteiger partial charge in [-0.2, -0.15) is 0 Å². The Morgan fingerprint density at radius 3 is 2.68 bits per heavy atom. The Bertz CT molecular complexity index is 1130. The molecular weight excluding hydrogens is 352 g/mol. The van der Waals surface area contributed by atoms with Crippen molar-refractivity contribution in [1.29, 1.82) is 0 Å². The van der Waals surface area contributed by atoms with E-state index in [1.54, 1.807) is 5.48 Å². The molecule has 0 radical (unpaired) electrons. The van der Waals surface area contributed by atoms with E-state index in [0.717, 1.165) is 16.9 Å². The van der Waals surface area contributed by atoms with E-state index >= 15 is 0 Å². The van der Waals surface area contributed by atoms with Gasteiger partial charge in [-0.3, -0.25) is 10.0 Å². The summed E-state index contributed by atoms with van der Waals surface area (Å²) in [4.78, 5) is 16.3. The second-order valence-corrected chi connectivity index (χ2v) is 6.86. The number of rotatable bonds is 6. The standard InChI is InChI=1S/C22H22N4O2/c23-18(22(27)25-28)12-13-21-24-19-10-3-4-11-20(19)26(21)14-16-8-5-7-15-6-1-2-9-17(15)16/h1-11,18,28H,12-14,23H2,(H,25,27). The van der Waals surface area contributed by atoms with Crippen molar-refractivity contribution < 1.29 is 10.0 Å². The highest BCUT2D eigenvalue weighted by Gasteiger charge is 2.16. The maximum absolute atomic E-state index is 11.5. The highest BCUT2D eigenvalue weighted by atomic mass is 16.5. The second kappa shape index (κ2) is 7.80. The van der Waals surface area contributed by atoms with Gasteiger partial charge in [0.2, 0.25) is 0 Å².